The van der Waals surface area contributed by atoms with Gasteiger partial charge in [-0.3, -0.25) is 0 Å². The Morgan fingerprint density at radius 2 is 2.10 bits per heavy atom. The van der Waals surface area contributed by atoms with Crippen LogP contribution in [0.3, 0.4) is 0 Å². The predicted molar refractivity (Wildman–Crippen MR) is 83.6 cm³/mol. The Labute approximate surface area is 126 Å². The molecule has 0 radical (unpaired) electrons. The average Bonchev–Trinajstić information content (AvgIpc) is 2.49. The molecule has 1 aromatic heterocycles. The van der Waals surface area contributed by atoms with Crippen molar-refractivity contribution in [3.63, 3.8) is 0 Å². The van der Waals surface area contributed by atoms with Gasteiger partial charge in [0.25, 0.3) is 0 Å². The summed E-state index contributed by atoms with van der Waals surface area (Å²) in [5, 5.41) is 3.38. The molecule has 0 aliphatic carbocycles. The minimum Gasteiger partial charge on any atom is -0.439 e. The van der Waals surface area contributed by atoms with Crippen LogP contribution in [-0.2, 0) is 11.3 Å². The molecule has 0 saturated heterocycles. The van der Waals surface area contributed by atoms with Crippen molar-refractivity contribution >= 4 is 0 Å². The second-order valence-corrected chi connectivity index (χ2v) is 4.86. The van der Waals surface area contributed by atoms with Crippen LogP contribution in [0.15, 0.2) is 42.6 Å². The number of hydrogen-bond acceptors (Lipinski definition) is 4. The maximum atomic E-state index is 5.96. The van der Waals surface area contributed by atoms with Crippen LogP contribution >= 0.6 is 0 Å². The lowest BCUT2D eigenvalue weighted by Gasteiger charge is -2.16. The summed E-state index contributed by atoms with van der Waals surface area (Å²) < 4.78 is 11.1. The highest BCUT2D eigenvalue weighted by Gasteiger charge is 2.12. The SMILES string of the molecule is CCNC(C)c1cccnc1Oc1cccc(COC)c1. The molecule has 112 valence electrons. The van der Waals surface area contributed by atoms with Crippen molar-refractivity contribution in [1.82, 2.24) is 10.3 Å². The van der Waals surface area contributed by atoms with Crippen LogP contribution in [0.5, 0.6) is 11.6 Å². The number of benzene rings is 1. The third-order valence-corrected chi connectivity index (χ3v) is 3.20. The van der Waals surface area contributed by atoms with E-state index < -0.39 is 0 Å². The summed E-state index contributed by atoms with van der Waals surface area (Å²) in [6.07, 6.45) is 1.75. The molecule has 0 fully saturated rings. The van der Waals surface area contributed by atoms with Crippen molar-refractivity contribution in [2.45, 2.75) is 26.5 Å². The molecule has 0 aliphatic rings. The predicted octanol–water partition coefficient (Wildman–Crippen LogP) is 3.69. The fourth-order valence-corrected chi connectivity index (χ4v) is 2.21. The normalized spacial score (nSPS) is 12.1. The molecule has 1 unspecified atom stereocenters. The molecule has 4 heteroatoms. The molecule has 1 aromatic carbocycles. The van der Waals surface area contributed by atoms with E-state index in [0.29, 0.717) is 12.5 Å². The first-order valence-corrected chi connectivity index (χ1v) is 7.18. The van der Waals surface area contributed by atoms with E-state index in [4.69, 9.17) is 9.47 Å². The molecule has 0 aliphatic heterocycles. The van der Waals surface area contributed by atoms with Crippen molar-refractivity contribution in [3.05, 3.63) is 53.7 Å². The van der Waals surface area contributed by atoms with E-state index in [9.17, 15) is 0 Å². The fraction of sp³-hybridized carbons (Fsp3) is 0.353. The summed E-state index contributed by atoms with van der Waals surface area (Å²) >= 11 is 0. The second-order valence-electron chi connectivity index (χ2n) is 4.86. The molecule has 2 rings (SSSR count). The topological polar surface area (TPSA) is 43.4 Å². The van der Waals surface area contributed by atoms with Gasteiger partial charge in [0.1, 0.15) is 5.75 Å². The molecule has 1 N–H and O–H groups in total. The summed E-state index contributed by atoms with van der Waals surface area (Å²) in [7, 11) is 1.68. The first-order chi connectivity index (χ1) is 10.2. The Bertz CT molecular complexity index is 572. The lowest BCUT2D eigenvalue weighted by Crippen LogP contribution is -2.18. The minimum atomic E-state index is 0.195. The van der Waals surface area contributed by atoms with E-state index in [-0.39, 0.29) is 6.04 Å². The third-order valence-electron chi connectivity index (χ3n) is 3.20. The minimum absolute atomic E-state index is 0.195. The zero-order valence-electron chi connectivity index (χ0n) is 12.8. The van der Waals surface area contributed by atoms with Crippen molar-refractivity contribution in [2.24, 2.45) is 0 Å². The largest absolute Gasteiger partial charge is 0.439 e. The first kappa shape index (κ1) is 15.5. The molecule has 1 heterocycles. The molecule has 0 bridgehead atoms. The van der Waals surface area contributed by atoms with Gasteiger partial charge in [-0.05, 0) is 37.2 Å². The summed E-state index contributed by atoms with van der Waals surface area (Å²) in [6, 6.07) is 12.0. The summed E-state index contributed by atoms with van der Waals surface area (Å²) in [4.78, 5) is 4.36. The molecule has 0 spiro atoms. The molecular weight excluding hydrogens is 264 g/mol. The quantitative estimate of drug-likeness (QED) is 0.843. The van der Waals surface area contributed by atoms with Crippen molar-refractivity contribution in [1.29, 1.82) is 0 Å². The second kappa shape index (κ2) is 7.76. The van der Waals surface area contributed by atoms with Gasteiger partial charge in [0.05, 0.1) is 6.61 Å². The van der Waals surface area contributed by atoms with Gasteiger partial charge in [0, 0.05) is 24.9 Å². The lowest BCUT2D eigenvalue weighted by atomic mass is 10.1. The fourth-order valence-electron chi connectivity index (χ4n) is 2.21. The van der Waals surface area contributed by atoms with Crippen LogP contribution in [0.2, 0.25) is 0 Å². The van der Waals surface area contributed by atoms with E-state index in [1.165, 1.54) is 0 Å². The van der Waals surface area contributed by atoms with Gasteiger partial charge in [0.15, 0.2) is 0 Å². The smallest absolute Gasteiger partial charge is 0.223 e. The number of nitrogens with one attached hydrogen (secondary N) is 1. The Balaban J connectivity index is 2.21. The molecule has 21 heavy (non-hydrogen) atoms. The van der Waals surface area contributed by atoms with Crippen molar-refractivity contribution in [2.75, 3.05) is 13.7 Å². The van der Waals surface area contributed by atoms with E-state index >= 15 is 0 Å². The molecule has 2 aromatic rings. The number of rotatable bonds is 7. The van der Waals surface area contributed by atoms with E-state index in [1.807, 2.05) is 36.4 Å². The maximum Gasteiger partial charge on any atom is 0.223 e. The summed E-state index contributed by atoms with van der Waals surface area (Å²) in [5.74, 6) is 1.41. The zero-order valence-corrected chi connectivity index (χ0v) is 12.8. The third kappa shape index (κ3) is 4.28. The summed E-state index contributed by atoms with van der Waals surface area (Å²) in [5.41, 5.74) is 2.13. The maximum absolute atomic E-state index is 5.96. The number of aromatic nitrogens is 1. The van der Waals surface area contributed by atoms with Gasteiger partial charge in [0.2, 0.25) is 5.88 Å². The molecule has 0 amide bonds. The van der Waals surface area contributed by atoms with E-state index in [1.54, 1.807) is 13.3 Å². The van der Waals surface area contributed by atoms with Gasteiger partial charge < -0.3 is 14.8 Å². The highest BCUT2D eigenvalue weighted by atomic mass is 16.5. The Morgan fingerprint density at radius 1 is 1.24 bits per heavy atom. The number of ether oxygens (including phenoxy) is 2. The molecule has 0 saturated carbocycles. The monoisotopic (exact) mass is 286 g/mol. The molecule has 1 atom stereocenters. The van der Waals surface area contributed by atoms with Gasteiger partial charge in [-0.15, -0.1) is 0 Å². The highest BCUT2D eigenvalue weighted by Crippen LogP contribution is 2.27. The van der Waals surface area contributed by atoms with Crippen molar-refractivity contribution < 1.29 is 9.47 Å². The van der Waals surface area contributed by atoms with Crippen LogP contribution in [0.4, 0.5) is 0 Å². The average molecular weight is 286 g/mol. The molecular formula is C17H22N2O2. The Hall–Kier alpha value is -1.91. The number of nitrogens with zero attached hydrogens (tertiary/aromatic N) is 1. The zero-order chi connectivity index (χ0) is 15.1. The van der Waals surface area contributed by atoms with Gasteiger partial charge in [-0.25, -0.2) is 4.98 Å². The Kier molecular flexibility index (Phi) is 5.72. The van der Waals surface area contributed by atoms with Gasteiger partial charge in [-0.1, -0.05) is 25.1 Å². The van der Waals surface area contributed by atoms with Crippen LogP contribution in [0, 0.1) is 0 Å². The van der Waals surface area contributed by atoms with Crippen LogP contribution in [-0.4, -0.2) is 18.6 Å². The number of methoxy groups -OCH3 is 1. The summed E-state index contributed by atoms with van der Waals surface area (Å²) in [6.45, 7) is 5.66. The standard InChI is InChI=1S/C17H22N2O2/c1-4-18-13(2)16-9-6-10-19-17(16)21-15-8-5-7-14(11-15)12-20-3/h5-11,13,18H,4,12H2,1-3H3. The number of hydrogen-bond donors (Lipinski definition) is 1. The molecule has 4 nitrogen and oxygen atoms in total. The van der Waals surface area contributed by atoms with Crippen LogP contribution in [0.25, 0.3) is 0 Å². The van der Waals surface area contributed by atoms with Crippen molar-refractivity contribution in [3.8, 4) is 11.6 Å². The van der Waals surface area contributed by atoms with Gasteiger partial charge >= 0.3 is 0 Å². The van der Waals surface area contributed by atoms with E-state index in [0.717, 1.165) is 23.4 Å². The van der Waals surface area contributed by atoms with Crippen LogP contribution < -0.4 is 10.1 Å². The Morgan fingerprint density at radius 3 is 2.86 bits per heavy atom. The first-order valence-electron chi connectivity index (χ1n) is 7.18. The number of pyridine rings is 1. The van der Waals surface area contributed by atoms with Gasteiger partial charge in [-0.2, -0.15) is 0 Å². The van der Waals surface area contributed by atoms with Crippen LogP contribution in [0.1, 0.15) is 31.0 Å². The highest BCUT2D eigenvalue weighted by molar-refractivity contribution is 5.35. The van der Waals surface area contributed by atoms with E-state index in [2.05, 4.69) is 24.1 Å². The lowest BCUT2D eigenvalue weighted by molar-refractivity contribution is 0.184.